The van der Waals surface area contributed by atoms with Gasteiger partial charge in [0, 0.05) is 22.0 Å². The van der Waals surface area contributed by atoms with Crippen molar-refractivity contribution < 1.29 is 22.3 Å². The first-order valence-electron chi connectivity index (χ1n) is 6.58. The van der Waals surface area contributed by atoms with E-state index in [1.807, 2.05) is 0 Å². The number of thiophene rings is 1. The molecule has 2 aromatic heterocycles. The Balaban J connectivity index is 1.98. The summed E-state index contributed by atoms with van der Waals surface area (Å²) in [6.45, 7) is 0. The molecular formula is C16H8ClF4NOS. The summed E-state index contributed by atoms with van der Waals surface area (Å²) in [6.07, 6.45) is -3.20. The van der Waals surface area contributed by atoms with Gasteiger partial charge in [0.1, 0.15) is 5.75 Å². The van der Waals surface area contributed by atoms with Crippen molar-refractivity contribution in [1.82, 2.24) is 4.98 Å². The molecule has 3 rings (SSSR count). The molecule has 1 aromatic carbocycles. The molecule has 0 fully saturated rings. The Morgan fingerprint density at radius 3 is 2.54 bits per heavy atom. The monoisotopic (exact) mass is 373 g/mol. The van der Waals surface area contributed by atoms with Crippen LogP contribution in [-0.4, -0.2) is 4.98 Å². The number of halogens is 5. The molecule has 3 aromatic rings. The molecule has 0 amide bonds. The maximum atomic E-state index is 13.8. The van der Waals surface area contributed by atoms with Crippen LogP contribution in [0.25, 0.3) is 10.4 Å². The van der Waals surface area contributed by atoms with Gasteiger partial charge in [0.05, 0.1) is 10.6 Å². The molecule has 2 heterocycles. The van der Waals surface area contributed by atoms with Gasteiger partial charge in [-0.15, -0.1) is 11.3 Å². The number of ether oxygens (including phenoxy) is 1. The fourth-order valence-electron chi connectivity index (χ4n) is 1.97. The Morgan fingerprint density at radius 1 is 1.12 bits per heavy atom. The highest BCUT2D eigenvalue weighted by Crippen LogP contribution is 2.40. The minimum absolute atomic E-state index is 0.112. The second-order valence-corrected chi connectivity index (χ2v) is 6.08. The Bertz CT molecular complexity index is 879. The Hall–Kier alpha value is -2.12. The molecule has 24 heavy (non-hydrogen) atoms. The van der Waals surface area contributed by atoms with Gasteiger partial charge in [0.15, 0.2) is 5.82 Å². The van der Waals surface area contributed by atoms with E-state index in [1.165, 1.54) is 12.3 Å². The van der Waals surface area contributed by atoms with E-state index in [0.29, 0.717) is 10.4 Å². The molecule has 124 valence electrons. The van der Waals surface area contributed by atoms with Crippen LogP contribution in [-0.2, 0) is 6.18 Å². The van der Waals surface area contributed by atoms with Crippen LogP contribution in [0, 0.1) is 5.82 Å². The van der Waals surface area contributed by atoms with Crippen molar-refractivity contribution in [3.63, 3.8) is 0 Å². The number of para-hydroxylation sites is 1. The second-order valence-electron chi connectivity index (χ2n) is 4.74. The predicted molar refractivity (Wildman–Crippen MR) is 84.0 cm³/mol. The molecule has 0 aliphatic heterocycles. The summed E-state index contributed by atoms with van der Waals surface area (Å²) in [5.74, 6) is -0.874. The van der Waals surface area contributed by atoms with Gasteiger partial charge in [-0.25, -0.2) is 9.37 Å². The average Bonchev–Trinajstić information content (AvgIpc) is 3.00. The number of alkyl halides is 3. The summed E-state index contributed by atoms with van der Waals surface area (Å²) >= 11 is 6.56. The minimum Gasteiger partial charge on any atom is -0.436 e. The molecule has 8 heteroatoms. The molecule has 2 nitrogen and oxygen atoms in total. The maximum Gasteiger partial charge on any atom is 0.417 e. The largest absolute Gasteiger partial charge is 0.436 e. The molecule has 0 spiro atoms. The van der Waals surface area contributed by atoms with E-state index in [9.17, 15) is 17.6 Å². The molecule has 0 N–H and O–H groups in total. The molecule has 0 radical (unpaired) electrons. The van der Waals surface area contributed by atoms with Crippen molar-refractivity contribution in [2.24, 2.45) is 0 Å². The normalized spacial score (nSPS) is 11.5. The van der Waals surface area contributed by atoms with Crippen LogP contribution in [0.4, 0.5) is 17.6 Å². The first kappa shape index (κ1) is 16.7. The zero-order chi connectivity index (χ0) is 17.3. The standard InChI is InChI=1S/C16H8ClF4NOS/c17-10-6-12(18)15(22-7-10)23-13-4-2-1-3-11(13)14-5-9(8-24-14)16(19,20)21/h1-8H. The SMILES string of the molecule is Fc1cc(Cl)cnc1Oc1ccccc1-c1cc(C(F)(F)F)cs1. The zero-order valence-corrected chi connectivity index (χ0v) is 13.3. The van der Waals surface area contributed by atoms with Gasteiger partial charge in [-0.3, -0.25) is 0 Å². The summed E-state index contributed by atoms with van der Waals surface area (Å²) in [7, 11) is 0. The average molecular weight is 374 g/mol. The van der Waals surface area contributed by atoms with Gasteiger partial charge in [0.2, 0.25) is 0 Å². The number of nitrogens with zero attached hydrogens (tertiary/aromatic N) is 1. The lowest BCUT2D eigenvalue weighted by atomic mass is 10.1. The Labute approximate surface area is 143 Å². The summed E-state index contributed by atoms with van der Waals surface area (Å²) in [5, 5.41) is 1.13. The lowest BCUT2D eigenvalue weighted by molar-refractivity contribution is -0.137. The molecule has 0 atom stereocenters. The molecule has 0 bridgehead atoms. The van der Waals surface area contributed by atoms with Crippen molar-refractivity contribution in [3.05, 3.63) is 64.4 Å². The van der Waals surface area contributed by atoms with Gasteiger partial charge in [0.25, 0.3) is 5.88 Å². The van der Waals surface area contributed by atoms with Gasteiger partial charge in [-0.05, 0) is 24.3 Å². The van der Waals surface area contributed by atoms with E-state index in [2.05, 4.69) is 4.98 Å². The highest BCUT2D eigenvalue weighted by Gasteiger charge is 2.32. The predicted octanol–water partition coefficient (Wildman–Crippen LogP) is 6.41. The third-order valence-electron chi connectivity index (χ3n) is 3.06. The maximum absolute atomic E-state index is 13.8. The molecule has 0 saturated heterocycles. The van der Waals surface area contributed by atoms with Crippen molar-refractivity contribution in [3.8, 4) is 22.1 Å². The van der Waals surface area contributed by atoms with Crippen LogP contribution in [0.1, 0.15) is 5.56 Å². The van der Waals surface area contributed by atoms with Crippen molar-refractivity contribution in [2.45, 2.75) is 6.18 Å². The zero-order valence-electron chi connectivity index (χ0n) is 11.8. The first-order valence-corrected chi connectivity index (χ1v) is 7.84. The Morgan fingerprint density at radius 2 is 1.88 bits per heavy atom. The number of hydrogen-bond acceptors (Lipinski definition) is 3. The molecular weight excluding hydrogens is 366 g/mol. The van der Waals surface area contributed by atoms with Crippen LogP contribution in [0.15, 0.2) is 48.0 Å². The summed E-state index contributed by atoms with van der Waals surface area (Å²) in [6, 6.07) is 8.47. The lowest BCUT2D eigenvalue weighted by Crippen LogP contribution is -2.01. The van der Waals surface area contributed by atoms with Crippen LogP contribution >= 0.6 is 22.9 Å². The van der Waals surface area contributed by atoms with Gasteiger partial charge in [-0.1, -0.05) is 23.7 Å². The fourth-order valence-corrected chi connectivity index (χ4v) is 3.06. The topological polar surface area (TPSA) is 22.1 Å². The highest BCUT2D eigenvalue weighted by molar-refractivity contribution is 7.13. The fraction of sp³-hybridized carbons (Fsp3) is 0.0625. The number of pyridine rings is 1. The van der Waals surface area contributed by atoms with Crippen molar-refractivity contribution >= 4 is 22.9 Å². The highest BCUT2D eigenvalue weighted by atomic mass is 35.5. The van der Waals surface area contributed by atoms with E-state index in [4.69, 9.17) is 16.3 Å². The number of benzene rings is 1. The number of rotatable bonds is 3. The van der Waals surface area contributed by atoms with Gasteiger partial charge >= 0.3 is 6.18 Å². The first-order chi connectivity index (χ1) is 11.3. The van der Waals surface area contributed by atoms with Crippen LogP contribution in [0.3, 0.4) is 0 Å². The van der Waals surface area contributed by atoms with Crippen LogP contribution in [0.2, 0.25) is 5.02 Å². The third kappa shape index (κ3) is 3.52. The quantitative estimate of drug-likeness (QED) is 0.494. The van der Waals surface area contributed by atoms with E-state index >= 15 is 0 Å². The van der Waals surface area contributed by atoms with Crippen molar-refractivity contribution in [1.29, 1.82) is 0 Å². The summed E-state index contributed by atoms with van der Waals surface area (Å²) in [4.78, 5) is 4.10. The summed E-state index contributed by atoms with van der Waals surface area (Å²) in [5.41, 5.74) is -0.331. The van der Waals surface area contributed by atoms with Crippen molar-refractivity contribution in [2.75, 3.05) is 0 Å². The van der Waals surface area contributed by atoms with Gasteiger partial charge < -0.3 is 4.74 Å². The third-order valence-corrected chi connectivity index (χ3v) is 4.23. The van der Waals surface area contributed by atoms with E-state index in [-0.39, 0.29) is 16.7 Å². The Kier molecular flexibility index (Phi) is 4.47. The molecule has 0 saturated carbocycles. The molecule has 0 unspecified atom stereocenters. The van der Waals surface area contributed by atoms with Gasteiger partial charge in [-0.2, -0.15) is 13.2 Å². The number of hydrogen-bond donors (Lipinski definition) is 0. The molecule has 0 aliphatic carbocycles. The number of aromatic nitrogens is 1. The second kappa shape index (κ2) is 6.41. The van der Waals surface area contributed by atoms with E-state index in [0.717, 1.165) is 28.8 Å². The van der Waals surface area contributed by atoms with Crippen LogP contribution in [0.5, 0.6) is 11.6 Å². The minimum atomic E-state index is -4.42. The summed E-state index contributed by atoms with van der Waals surface area (Å²) < 4.78 is 57.5. The smallest absolute Gasteiger partial charge is 0.417 e. The van der Waals surface area contributed by atoms with E-state index in [1.54, 1.807) is 18.2 Å². The van der Waals surface area contributed by atoms with E-state index < -0.39 is 17.6 Å². The molecule has 0 aliphatic rings. The lowest BCUT2D eigenvalue weighted by Gasteiger charge is -2.10. The van der Waals surface area contributed by atoms with Crippen LogP contribution < -0.4 is 4.74 Å².